The molecule has 0 aliphatic carbocycles. The fraction of sp³-hybridized carbons (Fsp3) is 0.250. The van der Waals surface area contributed by atoms with Crippen molar-refractivity contribution in [2.45, 2.75) is 13.3 Å². The Labute approximate surface area is 207 Å². The molecule has 4 aromatic rings. The van der Waals surface area contributed by atoms with E-state index in [2.05, 4.69) is 67.2 Å². The number of aryl methyl sites for hydroxylation is 1. The van der Waals surface area contributed by atoms with Crippen LogP contribution in [0, 0.1) is 6.92 Å². The van der Waals surface area contributed by atoms with Crippen LogP contribution in [-0.2, 0) is 6.42 Å². The van der Waals surface area contributed by atoms with Crippen LogP contribution in [-0.4, -0.2) is 43.7 Å². The van der Waals surface area contributed by atoms with E-state index in [4.69, 9.17) is 14.5 Å². The Morgan fingerprint density at radius 2 is 1.65 bits per heavy atom. The molecule has 0 N–H and O–H groups in total. The topological polar surface area (TPSA) is 37.8 Å². The van der Waals surface area contributed by atoms with Gasteiger partial charge in [0.25, 0.3) is 0 Å². The van der Waals surface area contributed by atoms with Gasteiger partial charge in [0, 0.05) is 29.9 Å². The molecular formula is C28H30ClN3O2. The van der Waals surface area contributed by atoms with Crippen LogP contribution in [0.1, 0.15) is 11.3 Å². The first kappa shape index (κ1) is 23.9. The Morgan fingerprint density at radius 1 is 0.912 bits per heavy atom. The van der Waals surface area contributed by atoms with Gasteiger partial charge in [-0.2, -0.15) is 0 Å². The first-order valence-corrected chi connectivity index (χ1v) is 11.4. The highest BCUT2D eigenvalue weighted by atomic mass is 35.5. The highest BCUT2D eigenvalue weighted by Gasteiger charge is 2.26. The zero-order valence-electron chi connectivity index (χ0n) is 19.8. The number of ether oxygens (including phenoxy) is 2. The minimum absolute atomic E-state index is 0. The van der Waals surface area contributed by atoms with Gasteiger partial charge in [-0.1, -0.05) is 18.2 Å². The van der Waals surface area contributed by atoms with Gasteiger partial charge in [0.05, 0.1) is 11.2 Å². The van der Waals surface area contributed by atoms with Crippen molar-refractivity contribution in [2.75, 3.05) is 38.7 Å². The average Bonchev–Trinajstić information content (AvgIpc) is 3.27. The molecule has 0 unspecified atom stereocenters. The van der Waals surface area contributed by atoms with Crippen molar-refractivity contribution < 1.29 is 9.47 Å². The number of anilines is 2. The second-order valence-corrected chi connectivity index (χ2v) is 8.67. The van der Waals surface area contributed by atoms with E-state index < -0.39 is 0 Å². The minimum Gasteiger partial charge on any atom is -0.492 e. The summed E-state index contributed by atoms with van der Waals surface area (Å²) in [7, 11) is 4.10. The Bertz CT molecular complexity index is 1260. The summed E-state index contributed by atoms with van der Waals surface area (Å²) in [5, 5.41) is 1.12. The fourth-order valence-electron chi connectivity index (χ4n) is 4.34. The van der Waals surface area contributed by atoms with Gasteiger partial charge in [0.15, 0.2) is 0 Å². The molecule has 1 aliphatic heterocycles. The van der Waals surface area contributed by atoms with Crippen LogP contribution < -0.4 is 14.4 Å². The Kier molecular flexibility index (Phi) is 7.25. The molecule has 0 saturated carbocycles. The molecule has 0 bridgehead atoms. The van der Waals surface area contributed by atoms with Crippen LogP contribution in [0.25, 0.3) is 10.9 Å². The minimum atomic E-state index is 0. The third kappa shape index (κ3) is 4.96. The fourth-order valence-corrected chi connectivity index (χ4v) is 4.34. The molecule has 5 rings (SSSR count). The number of benzene rings is 3. The second kappa shape index (κ2) is 10.3. The van der Waals surface area contributed by atoms with Crippen LogP contribution in [0.5, 0.6) is 17.2 Å². The summed E-state index contributed by atoms with van der Waals surface area (Å²) in [6.07, 6.45) is 0.981. The number of para-hydroxylation sites is 1. The smallest absolute Gasteiger partial charge is 0.128 e. The lowest BCUT2D eigenvalue weighted by molar-refractivity contribution is 0.261. The molecule has 0 radical (unpaired) electrons. The molecule has 0 saturated heterocycles. The summed E-state index contributed by atoms with van der Waals surface area (Å²) in [4.78, 5) is 9.39. The lowest BCUT2D eigenvalue weighted by Crippen LogP contribution is -2.19. The molecule has 5 nitrogen and oxygen atoms in total. The highest BCUT2D eigenvalue weighted by Crippen LogP contribution is 2.42. The summed E-state index contributed by atoms with van der Waals surface area (Å²) in [5.74, 6) is 2.54. The predicted molar refractivity (Wildman–Crippen MR) is 141 cm³/mol. The third-order valence-corrected chi connectivity index (χ3v) is 6.02. The maximum atomic E-state index is 6.12. The van der Waals surface area contributed by atoms with Gasteiger partial charge in [0.2, 0.25) is 0 Å². The maximum Gasteiger partial charge on any atom is 0.128 e. The van der Waals surface area contributed by atoms with Crippen LogP contribution in [0.2, 0.25) is 0 Å². The first-order valence-electron chi connectivity index (χ1n) is 11.4. The second-order valence-electron chi connectivity index (χ2n) is 8.67. The number of hydrogen-bond donors (Lipinski definition) is 0. The van der Waals surface area contributed by atoms with Gasteiger partial charge in [0.1, 0.15) is 23.9 Å². The molecular weight excluding hydrogens is 446 g/mol. The van der Waals surface area contributed by atoms with Crippen molar-refractivity contribution >= 4 is 34.7 Å². The van der Waals surface area contributed by atoms with Crippen molar-refractivity contribution in [3.05, 3.63) is 84.1 Å². The molecule has 0 fully saturated rings. The van der Waals surface area contributed by atoms with E-state index in [1.165, 1.54) is 11.3 Å². The number of fused-ring (bicyclic) bond motifs is 3. The van der Waals surface area contributed by atoms with Gasteiger partial charge < -0.3 is 19.3 Å². The lowest BCUT2D eigenvalue weighted by Gasteiger charge is -2.22. The van der Waals surface area contributed by atoms with E-state index >= 15 is 0 Å². The molecule has 3 aromatic carbocycles. The molecule has 0 spiro atoms. The number of hydrogen-bond acceptors (Lipinski definition) is 5. The normalized spacial score (nSPS) is 12.5. The Hall–Kier alpha value is -3.28. The van der Waals surface area contributed by atoms with Gasteiger partial charge >= 0.3 is 0 Å². The van der Waals surface area contributed by atoms with Gasteiger partial charge in [-0.15, -0.1) is 12.4 Å². The third-order valence-electron chi connectivity index (χ3n) is 6.02. The van der Waals surface area contributed by atoms with E-state index in [1.54, 1.807) is 0 Å². The highest BCUT2D eigenvalue weighted by molar-refractivity contribution is 5.98. The number of aromatic nitrogens is 1. The predicted octanol–water partition coefficient (Wildman–Crippen LogP) is 6.39. The monoisotopic (exact) mass is 475 g/mol. The van der Waals surface area contributed by atoms with Crippen LogP contribution in [0.3, 0.4) is 0 Å². The largest absolute Gasteiger partial charge is 0.492 e. The van der Waals surface area contributed by atoms with Gasteiger partial charge in [-0.25, -0.2) is 0 Å². The van der Waals surface area contributed by atoms with E-state index in [9.17, 15) is 0 Å². The lowest BCUT2D eigenvalue weighted by atomic mass is 10.1. The van der Waals surface area contributed by atoms with E-state index in [1.807, 2.05) is 36.4 Å². The number of nitrogens with zero attached hydrogens (tertiary/aromatic N) is 3. The molecule has 0 amide bonds. The number of pyridine rings is 1. The van der Waals surface area contributed by atoms with E-state index in [0.29, 0.717) is 6.61 Å². The quantitative estimate of drug-likeness (QED) is 0.309. The summed E-state index contributed by atoms with van der Waals surface area (Å²) < 4.78 is 12.0. The molecule has 1 aliphatic rings. The van der Waals surface area contributed by atoms with Crippen molar-refractivity contribution in [1.82, 2.24) is 9.88 Å². The van der Waals surface area contributed by atoms with Crippen molar-refractivity contribution in [1.29, 1.82) is 0 Å². The van der Waals surface area contributed by atoms with E-state index in [0.717, 1.165) is 59.0 Å². The van der Waals surface area contributed by atoms with Gasteiger partial charge in [-0.3, -0.25) is 4.98 Å². The SMILES string of the molecule is Cc1nc2ccc(Oc3ccccc3)cc2c2c1CCN2c1ccc(OCCN(C)C)cc1.Cl. The summed E-state index contributed by atoms with van der Waals surface area (Å²) in [6.45, 7) is 4.62. The standard InChI is InChI=1S/C28H29N3O2.ClH/c1-20-25-15-16-31(21-9-11-22(12-10-21)32-18-17-30(2)3)28(25)26-19-24(13-14-27(26)29-20)33-23-7-5-4-6-8-23;/h4-14,19H,15-18H2,1-3H3;1H. The zero-order chi connectivity index (χ0) is 22.8. The van der Waals surface area contributed by atoms with E-state index in [-0.39, 0.29) is 12.4 Å². The Balaban J connectivity index is 0.00000274. The summed E-state index contributed by atoms with van der Waals surface area (Å²) in [5.41, 5.74) is 5.79. The molecule has 0 atom stereocenters. The van der Waals surface area contributed by atoms with Crippen molar-refractivity contribution in [3.8, 4) is 17.2 Å². The Morgan fingerprint density at radius 3 is 2.38 bits per heavy atom. The van der Waals surface area contributed by atoms with Gasteiger partial charge in [-0.05, 0) is 87.6 Å². The van der Waals surface area contributed by atoms with Crippen LogP contribution in [0.4, 0.5) is 11.4 Å². The molecule has 1 aromatic heterocycles. The number of rotatable bonds is 7. The first-order chi connectivity index (χ1) is 16.1. The molecule has 6 heteroatoms. The zero-order valence-corrected chi connectivity index (χ0v) is 20.6. The molecule has 176 valence electrons. The molecule has 34 heavy (non-hydrogen) atoms. The summed E-state index contributed by atoms with van der Waals surface area (Å²) in [6, 6.07) is 24.5. The van der Waals surface area contributed by atoms with Crippen molar-refractivity contribution in [3.63, 3.8) is 0 Å². The average molecular weight is 476 g/mol. The van der Waals surface area contributed by atoms with Crippen LogP contribution in [0.15, 0.2) is 72.8 Å². The number of halogens is 1. The molecule has 2 heterocycles. The maximum absolute atomic E-state index is 6.12. The van der Waals surface area contributed by atoms with Crippen molar-refractivity contribution in [2.24, 2.45) is 0 Å². The summed E-state index contributed by atoms with van der Waals surface area (Å²) >= 11 is 0. The van der Waals surface area contributed by atoms with Crippen LogP contribution >= 0.6 is 12.4 Å². The number of likely N-dealkylation sites (N-methyl/N-ethyl adjacent to an activating group) is 1.